The van der Waals surface area contributed by atoms with Gasteiger partial charge in [-0.15, -0.1) is 0 Å². The molecule has 0 radical (unpaired) electrons. The van der Waals surface area contributed by atoms with Gasteiger partial charge in [-0.2, -0.15) is 0 Å². The molecule has 0 amide bonds. The van der Waals surface area contributed by atoms with Crippen molar-refractivity contribution in [2.45, 2.75) is 13.5 Å². The second kappa shape index (κ2) is 6.09. The van der Waals surface area contributed by atoms with Gasteiger partial charge >= 0.3 is 0 Å². The topological polar surface area (TPSA) is 51.3 Å². The molecular formula is C15H19N3O. The summed E-state index contributed by atoms with van der Waals surface area (Å²) >= 11 is 0. The van der Waals surface area contributed by atoms with E-state index in [0.29, 0.717) is 12.2 Å². The van der Waals surface area contributed by atoms with Crippen molar-refractivity contribution in [3.8, 4) is 0 Å². The second-order valence-electron chi connectivity index (χ2n) is 4.41. The van der Waals surface area contributed by atoms with E-state index in [0.717, 1.165) is 13.1 Å². The van der Waals surface area contributed by atoms with E-state index in [1.54, 1.807) is 16.8 Å². The lowest BCUT2D eigenvalue weighted by molar-refractivity contribution is 0.646. The van der Waals surface area contributed by atoms with Crippen LogP contribution < -0.4 is 16.2 Å². The van der Waals surface area contributed by atoms with Crippen molar-refractivity contribution in [2.24, 2.45) is 0 Å². The van der Waals surface area contributed by atoms with Crippen molar-refractivity contribution in [3.05, 3.63) is 59.0 Å². The molecule has 0 bridgehead atoms. The zero-order chi connectivity index (χ0) is 13.7. The quantitative estimate of drug-likeness (QED) is 0.890. The number of pyridine rings is 1. The average Bonchev–Trinajstić information content (AvgIpc) is 2.44. The first-order valence-corrected chi connectivity index (χ1v) is 6.46. The van der Waals surface area contributed by atoms with Crippen molar-refractivity contribution in [1.29, 1.82) is 0 Å². The Morgan fingerprint density at radius 1 is 1.16 bits per heavy atom. The zero-order valence-electron chi connectivity index (χ0n) is 11.1. The fourth-order valence-electron chi connectivity index (χ4n) is 2.06. The summed E-state index contributed by atoms with van der Waals surface area (Å²) in [6.07, 6.45) is 1.70. The molecule has 0 spiro atoms. The van der Waals surface area contributed by atoms with E-state index in [1.165, 1.54) is 11.8 Å². The number of nitrogens with two attached hydrogens (primary N) is 1. The van der Waals surface area contributed by atoms with Crippen LogP contribution in [-0.2, 0) is 6.54 Å². The van der Waals surface area contributed by atoms with E-state index < -0.39 is 0 Å². The Kier molecular flexibility index (Phi) is 4.23. The molecule has 0 saturated carbocycles. The summed E-state index contributed by atoms with van der Waals surface area (Å²) in [5, 5.41) is 0. The van der Waals surface area contributed by atoms with Gasteiger partial charge in [0, 0.05) is 43.3 Å². The monoisotopic (exact) mass is 257 g/mol. The first-order chi connectivity index (χ1) is 9.20. The molecular weight excluding hydrogens is 238 g/mol. The molecule has 1 aromatic carbocycles. The van der Waals surface area contributed by atoms with Gasteiger partial charge in [0.2, 0.25) is 0 Å². The third-order valence-corrected chi connectivity index (χ3v) is 3.12. The fraction of sp³-hybridized carbons (Fsp3) is 0.267. The van der Waals surface area contributed by atoms with Crippen LogP contribution in [0, 0.1) is 0 Å². The molecule has 1 aromatic heterocycles. The van der Waals surface area contributed by atoms with Crippen molar-refractivity contribution in [2.75, 3.05) is 23.7 Å². The van der Waals surface area contributed by atoms with Gasteiger partial charge in [-0.25, -0.2) is 0 Å². The Balaban J connectivity index is 2.08. The fourth-order valence-corrected chi connectivity index (χ4v) is 2.06. The number of para-hydroxylation sites is 1. The van der Waals surface area contributed by atoms with Gasteiger partial charge in [0.05, 0.1) is 0 Å². The van der Waals surface area contributed by atoms with E-state index in [1.807, 2.05) is 18.2 Å². The van der Waals surface area contributed by atoms with Gasteiger partial charge in [0.15, 0.2) is 0 Å². The summed E-state index contributed by atoms with van der Waals surface area (Å²) in [6, 6.07) is 13.3. The Hall–Kier alpha value is -2.23. The number of benzene rings is 1. The molecule has 100 valence electrons. The molecule has 0 unspecified atom stereocenters. The molecule has 4 heteroatoms. The van der Waals surface area contributed by atoms with E-state index in [2.05, 4.69) is 24.0 Å². The van der Waals surface area contributed by atoms with Crippen LogP contribution in [0.15, 0.2) is 53.5 Å². The van der Waals surface area contributed by atoms with E-state index in [9.17, 15) is 4.79 Å². The zero-order valence-corrected chi connectivity index (χ0v) is 11.1. The maximum atomic E-state index is 11.7. The number of nitrogen functional groups attached to an aromatic ring is 1. The molecule has 0 fully saturated rings. The number of anilines is 2. The summed E-state index contributed by atoms with van der Waals surface area (Å²) in [6.45, 7) is 4.42. The smallest absolute Gasteiger partial charge is 0.250 e. The highest BCUT2D eigenvalue weighted by atomic mass is 16.1. The van der Waals surface area contributed by atoms with Gasteiger partial charge in [-0.1, -0.05) is 18.2 Å². The van der Waals surface area contributed by atoms with Gasteiger partial charge in [0.25, 0.3) is 5.56 Å². The first kappa shape index (κ1) is 13.2. The Morgan fingerprint density at radius 2 is 1.89 bits per heavy atom. The third-order valence-electron chi connectivity index (χ3n) is 3.12. The highest BCUT2D eigenvalue weighted by Gasteiger charge is 2.04. The molecule has 4 nitrogen and oxygen atoms in total. The van der Waals surface area contributed by atoms with Crippen molar-refractivity contribution in [3.63, 3.8) is 0 Å². The number of aromatic nitrogens is 1. The summed E-state index contributed by atoms with van der Waals surface area (Å²) in [4.78, 5) is 13.9. The number of likely N-dealkylation sites (N-methyl/N-ethyl adjacent to an activating group) is 1. The van der Waals surface area contributed by atoms with Gasteiger partial charge in [-0.05, 0) is 25.1 Å². The molecule has 0 aliphatic heterocycles. The highest BCUT2D eigenvalue weighted by Crippen LogP contribution is 2.12. The van der Waals surface area contributed by atoms with Gasteiger partial charge in [0.1, 0.15) is 0 Å². The number of nitrogens with zero attached hydrogens (tertiary/aromatic N) is 2. The molecule has 2 rings (SSSR count). The van der Waals surface area contributed by atoms with Crippen LogP contribution in [0.4, 0.5) is 11.4 Å². The maximum absolute atomic E-state index is 11.7. The van der Waals surface area contributed by atoms with Crippen LogP contribution in [-0.4, -0.2) is 17.7 Å². The summed E-state index contributed by atoms with van der Waals surface area (Å²) in [5.74, 6) is 0. The van der Waals surface area contributed by atoms with Crippen molar-refractivity contribution >= 4 is 11.4 Å². The Morgan fingerprint density at radius 3 is 2.58 bits per heavy atom. The molecule has 2 aromatic rings. The SMILES string of the molecule is CCN(CCn1cc(N)ccc1=O)c1ccccc1. The lowest BCUT2D eigenvalue weighted by atomic mass is 10.3. The van der Waals surface area contributed by atoms with Crippen LogP contribution in [0.3, 0.4) is 0 Å². The van der Waals surface area contributed by atoms with Crippen LogP contribution in [0.1, 0.15) is 6.92 Å². The van der Waals surface area contributed by atoms with Crippen molar-refractivity contribution in [1.82, 2.24) is 4.57 Å². The van der Waals surface area contributed by atoms with Crippen molar-refractivity contribution < 1.29 is 0 Å². The molecule has 0 saturated heterocycles. The van der Waals surface area contributed by atoms with Crippen LogP contribution >= 0.6 is 0 Å². The normalized spacial score (nSPS) is 10.4. The lowest BCUT2D eigenvalue weighted by Gasteiger charge is -2.23. The van der Waals surface area contributed by atoms with Crippen LogP contribution in [0.25, 0.3) is 0 Å². The van der Waals surface area contributed by atoms with Crippen LogP contribution in [0.2, 0.25) is 0 Å². The predicted molar refractivity (Wildman–Crippen MR) is 79.4 cm³/mol. The minimum atomic E-state index is -0.0154. The summed E-state index contributed by atoms with van der Waals surface area (Å²) in [7, 11) is 0. The molecule has 19 heavy (non-hydrogen) atoms. The van der Waals surface area contributed by atoms with Gasteiger partial charge in [-0.3, -0.25) is 4.79 Å². The minimum Gasteiger partial charge on any atom is -0.398 e. The molecule has 0 aliphatic carbocycles. The second-order valence-corrected chi connectivity index (χ2v) is 4.41. The summed E-state index contributed by atoms with van der Waals surface area (Å²) in [5.41, 5.74) is 7.47. The highest BCUT2D eigenvalue weighted by molar-refractivity contribution is 5.45. The van der Waals surface area contributed by atoms with Crippen LogP contribution in [0.5, 0.6) is 0 Å². The first-order valence-electron chi connectivity index (χ1n) is 6.46. The molecule has 1 heterocycles. The third kappa shape index (κ3) is 3.37. The molecule has 0 aliphatic rings. The van der Waals surface area contributed by atoms with E-state index in [-0.39, 0.29) is 5.56 Å². The maximum Gasteiger partial charge on any atom is 0.250 e. The largest absolute Gasteiger partial charge is 0.398 e. The summed E-state index contributed by atoms with van der Waals surface area (Å²) < 4.78 is 1.65. The lowest BCUT2D eigenvalue weighted by Crippen LogP contribution is -2.30. The molecule has 0 atom stereocenters. The standard InChI is InChI=1S/C15H19N3O/c1-2-17(14-6-4-3-5-7-14)10-11-18-12-13(16)8-9-15(18)19/h3-9,12H,2,10-11,16H2,1H3. The predicted octanol–water partition coefficient (Wildman–Crippen LogP) is 1.96. The van der Waals surface area contributed by atoms with E-state index in [4.69, 9.17) is 5.73 Å². The number of hydrogen-bond acceptors (Lipinski definition) is 3. The molecule has 2 N–H and O–H groups in total. The van der Waals surface area contributed by atoms with E-state index >= 15 is 0 Å². The average molecular weight is 257 g/mol. The number of hydrogen-bond donors (Lipinski definition) is 1. The Labute approximate surface area is 113 Å². The minimum absolute atomic E-state index is 0.0154. The Bertz CT molecular complexity index is 577. The number of rotatable bonds is 5. The van der Waals surface area contributed by atoms with Gasteiger partial charge < -0.3 is 15.2 Å².